The monoisotopic (exact) mass is 298 g/mol. The number of allylic oxidation sites excluding steroid dienone is 1. The van der Waals surface area contributed by atoms with Gasteiger partial charge in [0, 0.05) is 18.3 Å². The van der Waals surface area contributed by atoms with Crippen LogP contribution in [0.2, 0.25) is 0 Å². The van der Waals surface area contributed by atoms with Gasteiger partial charge in [-0.05, 0) is 44.8 Å². The molecule has 2 rings (SSSR count). The van der Waals surface area contributed by atoms with Gasteiger partial charge in [-0.2, -0.15) is 14.7 Å². The van der Waals surface area contributed by atoms with Crippen LogP contribution in [-0.2, 0) is 11.7 Å². The Morgan fingerprint density at radius 3 is 2.33 bits per heavy atom. The van der Waals surface area contributed by atoms with E-state index in [-0.39, 0.29) is 0 Å². The van der Waals surface area contributed by atoms with Gasteiger partial charge in [0.1, 0.15) is 17.4 Å². The van der Waals surface area contributed by atoms with E-state index in [9.17, 15) is 5.26 Å². The van der Waals surface area contributed by atoms with Crippen LogP contribution in [0.1, 0.15) is 33.1 Å². The van der Waals surface area contributed by atoms with E-state index < -0.39 is 0 Å². The third kappa shape index (κ3) is 2.47. The Hall–Kier alpha value is -2.07. The zero-order chi connectivity index (χ0) is 15.7. The molecular weight excluding hydrogens is 283 g/mol. The zero-order valence-electron chi connectivity index (χ0n) is 12.7. The van der Waals surface area contributed by atoms with Crippen LogP contribution in [0.3, 0.4) is 0 Å². The first kappa shape index (κ1) is 15.3. The summed E-state index contributed by atoms with van der Waals surface area (Å²) in [6, 6.07) is 2.20. The summed E-state index contributed by atoms with van der Waals surface area (Å²) >= 11 is 1.27. The van der Waals surface area contributed by atoms with Crippen LogP contribution in [0.15, 0.2) is 0 Å². The lowest BCUT2D eigenvalue weighted by molar-refractivity contribution is 0.576. The Kier molecular flexibility index (Phi) is 4.19. The van der Waals surface area contributed by atoms with Gasteiger partial charge in [-0.1, -0.05) is 0 Å². The smallest absolute Gasteiger partial charge is 0.374 e. The van der Waals surface area contributed by atoms with Crippen LogP contribution in [0.5, 0.6) is 0 Å². The molecule has 0 saturated carbocycles. The molecule has 2 radical (unpaired) electrons. The van der Waals surface area contributed by atoms with Crippen molar-refractivity contribution in [2.45, 2.75) is 27.7 Å². The van der Waals surface area contributed by atoms with Crippen molar-refractivity contribution in [1.29, 1.82) is 5.26 Å². The fourth-order valence-electron chi connectivity index (χ4n) is 2.21. The summed E-state index contributed by atoms with van der Waals surface area (Å²) in [5.74, 6) is 0.347. The molecule has 0 N–H and O–H groups in total. The van der Waals surface area contributed by atoms with E-state index in [4.69, 9.17) is 12.7 Å². The number of rotatable bonds is 3. The molecule has 106 valence electrons. The molecule has 5 nitrogen and oxygen atoms in total. The predicted molar refractivity (Wildman–Crippen MR) is 83.5 cm³/mol. The van der Waals surface area contributed by atoms with Gasteiger partial charge in [-0.25, -0.2) is 0 Å². The predicted octanol–water partition coefficient (Wildman–Crippen LogP) is 2.60. The first-order chi connectivity index (χ1) is 9.92. The van der Waals surface area contributed by atoms with Gasteiger partial charge in [0.2, 0.25) is 0 Å². The summed E-state index contributed by atoms with van der Waals surface area (Å²) in [6.45, 7) is 7.62. The zero-order valence-corrected chi connectivity index (χ0v) is 13.5. The summed E-state index contributed by atoms with van der Waals surface area (Å²) in [4.78, 5) is 0.772. The van der Waals surface area contributed by atoms with Crippen LogP contribution < -0.4 is 0 Å². The third-order valence-corrected chi connectivity index (χ3v) is 4.62. The minimum absolute atomic E-state index is 0.347. The van der Waals surface area contributed by atoms with Crippen molar-refractivity contribution in [3.8, 4) is 6.07 Å². The molecule has 0 aromatic carbocycles. The fourth-order valence-corrected chi connectivity index (χ4v) is 3.09. The highest BCUT2D eigenvalue weighted by molar-refractivity contribution is 7.07. The lowest BCUT2D eigenvalue weighted by Gasteiger charge is -2.10. The standard InChI is InChI=1S/C14H15BN4OS/c1-7-8(2)18-21-14(7)13(20-15)11(6-16)12-9(3)17-19(5)10(12)4/h1-5H3. The van der Waals surface area contributed by atoms with Gasteiger partial charge >= 0.3 is 8.05 Å². The maximum absolute atomic E-state index is 9.60. The SMILES string of the molecule is [B]OC(=C(C#N)c1c(C)nn(C)c1C)c1snc(C)c1C. The first-order valence-corrected chi connectivity index (χ1v) is 7.14. The van der Waals surface area contributed by atoms with E-state index in [0.29, 0.717) is 11.3 Å². The molecule has 0 aliphatic rings. The van der Waals surface area contributed by atoms with Gasteiger partial charge in [0.25, 0.3) is 0 Å². The van der Waals surface area contributed by atoms with Crippen molar-refractivity contribution in [3.05, 3.63) is 33.1 Å². The van der Waals surface area contributed by atoms with E-state index in [1.165, 1.54) is 11.5 Å². The van der Waals surface area contributed by atoms with Gasteiger partial charge in [0.15, 0.2) is 0 Å². The Bertz CT molecular complexity index is 767. The van der Waals surface area contributed by atoms with E-state index in [1.54, 1.807) is 4.68 Å². The van der Waals surface area contributed by atoms with E-state index in [2.05, 4.69) is 15.5 Å². The second-order valence-corrected chi connectivity index (χ2v) is 5.60. The van der Waals surface area contributed by atoms with Crippen molar-refractivity contribution in [2.75, 3.05) is 0 Å². The molecule has 7 heteroatoms. The van der Waals surface area contributed by atoms with Crippen LogP contribution >= 0.6 is 11.5 Å². The molecule has 21 heavy (non-hydrogen) atoms. The molecule has 0 aliphatic heterocycles. The summed E-state index contributed by atoms with van der Waals surface area (Å²) in [6.07, 6.45) is 0. The van der Waals surface area contributed by atoms with Crippen LogP contribution in [0, 0.1) is 39.0 Å². The summed E-state index contributed by atoms with van der Waals surface area (Å²) in [7, 11) is 7.29. The molecule has 0 saturated heterocycles. The normalized spacial score (nSPS) is 12.0. The summed E-state index contributed by atoms with van der Waals surface area (Å²) in [5, 5.41) is 13.9. The Morgan fingerprint density at radius 2 is 1.95 bits per heavy atom. The quantitative estimate of drug-likeness (QED) is 0.496. The molecule has 0 amide bonds. The highest BCUT2D eigenvalue weighted by Gasteiger charge is 2.22. The van der Waals surface area contributed by atoms with Crippen molar-refractivity contribution in [2.24, 2.45) is 7.05 Å². The summed E-state index contributed by atoms with van der Waals surface area (Å²) < 4.78 is 11.1. The number of hydrogen-bond donors (Lipinski definition) is 0. The van der Waals surface area contributed by atoms with E-state index in [0.717, 1.165) is 33.1 Å². The highest BCUT2D eigenvalue weighted by atomic mass is 32.1. The number of hydrogen-bond acceptors (Lipinski definition) is 5. The van der Waals surface area contributed by atoms with Gasteiger partial charge < -0.3 is 4.65 Å². The van der Waals surface area contributed by atoms with Crippen LogP contribution in [0.4, 0.5) is 0 Å². The average molecular weight is 298 g/mol. The molecule has 2 heterocycles. The van der Waals surface area contributed by atoms with Crippen molar-refractivity contribution in [3.63, 3.8) is 0 Å². The minimum Gasteiger partial charge on any atom is -0.566 e. The van der Waals surface area contributed by atoms with E-state index in [1.807, 2.05) is 34.7 Å². The first-order valence-electron chi connectivity index (χ1n) is 6.37. The number of nitrogens with zero attached hydrogens (tertiary/aromatic N) is 4. The highest BCUT2D eigenvalue weighted by Crippen LogP contribution is 2.34. The maximum atomic E-state index is 9.60. The average Bonchev–Trinajstić information content (AvgIpc) is 2.90. The Labute approximate surface area is 129 Å². The third-order valence-electron chi connectivity index (χ3n) is 3.58. The lowest BCUT2D eigenvalue weighted by atomic mass is 10.0. The van der Waals surface area contributed by atoms with Crippen LogP contribution in [-0.4, -0.2) is 22.2 Å². The molecule has 2 aromatic heterocycles. The van der Waals surface area contributed by atoms with Crippen molar-refractivity contribution in [1.82, 2.24) is 14.2 Å². The van der Waals surface area contributed by atoms with Gasteiger partial charge in [-0.3, -0.25) is 4.68 Å². The van der Waals surface area contributed by atoms with Gasteiger partial charge in [-0.15, -0.1) is 0 Å². The molecule has 2 aromatic rings. The lowest BCUT2D eigenvalue weighted by Crippen LogP contribution is -1.97. The topological polar surface area (TPSA) is 63.7 Å². The van der Waals surface area contributed by atoms with Gasteiger partial charge in [0.05, 0.1) is 16.3 Å². The van der Waals surface area contributed by atoms with Crippen LogP contribution in [0.25, 0.3) is 11.3 Å². The molecule has 0 atom stereocenters. The molecule has 0 bridgehead atoms. The molecule has 0 fully saturated rings. The maximum Gasteiger partial charge on any atom is 0.374 e. The molecule has 0 spiro atoms. The second-order valence-electron chi connectivity index (χ2n) is 4.83. The molecular formula is C14H15BN4OS. The summed E-state index contributed by atoms with van der Waals surface area (Å²) in [5.41, 5.74) is 4.66. The van der Waals surface area contributed by atoms with Crippen molar-refractivity contribution >= 4 is 30.9 Å². The second kappa shape index (κ2) is 5.74. The fraction of sp³-hybridized carbons (Fsp3) is 0.357. The van der Waals surface area contributed by atoms with Crippen molar-refractivity contribution < 1.29 is 4.65 Å². The Balaban J connectivity index is 2.77. The molecule has 0 unspecified atom stereocenters. The number of nitriles is 1. The molecule has 0 aliphatic carbocycles. The number of aromatic nitrogens is 3. The number of aryl methyl sites for hydroxylation is 3. The largest absolute Gasteiger partial charge is 0.566 e. The minimum atomic E-state index is 0.347. The Morgan fingerprint density at radius 1 is 1.29 bits per heavy atom. The van der Waals surface area contributed by atoms with E-state index >= 15 is 0 Å².